The van der Waals surface area contributed by atoms with Gasteiger partial charge in [-0.05, 0) is 51.5 Å². The van der Waals surface area contributed by atoms with Crippen molar-refractivity contribution in [3.8, 4) is 6.07 Å². The van der Waals surface area contributed by atoms with E-state index in [0.29, 0.717) is 17.0 Å². The molecule has 25 heavy (non-hydrogen) atoms. The molecule has 1 aromatic carbocycles. The van der Waals surface area contributed by atoms with Crippen LogP contribution in [0.4, 0.5) is 5.69 Å². The highest BCUT2D eigenvalue weighted by Gasteiger charge is 2.27. The maximum absolute atomic E-state index is 10.8. The number of anilines is 1. The second kappa shape index (κ2) is 6.23. The number of nitrogens with one attached hydrogen (secondary N) is 1. The van der Waals surface area contributed by atoms with Gasteiger partial charge in [-0.25, -0.2) is 0 Å². The van der Waals surface area contributed by atoms with Gasteiger partial charge in [-0.2, -0.15) is 5.26 Å². The Kier molecular flexibility index (Phi) is 4.23. The van der Waals surface area contributed by atoms with Gasteiger partial charge in [0.25, 0.3) is 0 Å². The molecule has 0 spiro atoms. The third-order valence-electron chi connectivity index (χ3n) is 4.31. The fraction of sp³-hybridized carbons (Fsp3) is 0.300. The molecule has 1 unspecified atom stereocenters. The summed E-state index contributed by atoms with van der Waals surface area (Å²) in [5.41, 5.74) is 2.93. The first kappa shape index (κ1) is 17.0. The minimum Gasteiger partial charge on any atom is -0.463 e. The number of nitrogens with zero attached hydrogens (tertiary/aromatic N) is 2. The van der Waals surface area contributed by atoms with Crippen LogP contribution in [0, 0.1) is 32.1 Å². The van der Waals surface area contributed by atoms with Gasteiger partial charge >= 0.3 is 0 Å². The zero-order chi connectivity index (χ0) is 18.2. The van der Waals surface area contributed by atoms with Gasteiger partial charge in [-0.3, -0.25) is 4.98 Å². The van der Waals surface area contributed by atoms with E-state index in [1.165, 1.54) is 0 Å². The quantitative estimate of drug-likeness (QED) is 0.754. The third-order valence-corrected chi connectivity index (χ3v) is 4.31. The summed E-state index contributed by atoms with van der Waals surface area (Å²) in [4.78, 5) is 4.42. The number of hydrogen-bond donors (Lipinski definition) is 2. The molecule has 1 atom stereocenters. The van der Waals surface area contributed by atoms with Gasteiger partial charge in [0.15, 0.2) is 0 Å². The lowest BCUT2D eigenvalue weighted by molar-refractivity contribution is 0.0468. The van der Waals surface area contributed by atoms with E-state index in [2.05, 4.69) is 22.4 Å². The molecule has 0 saturated carbocycles. The van der Waals surface area contributed by atoms with Gasteiger partial charge in [0.2, 0.25) is 0 Å². The number of fused-ring (bicyclic) bond motifs is 1. The van der Waals surface area contributed by atoms with Gasteiger partial charge in [0.1, 0.15) is 23.2 Å². The summed E-state index contributed by atoms with van der Waals surface area (Å²) in [5.74, 6) is 1.23. The van der Waals surface area contributed by atoms with Crippen molar-refractivity contribution in [1.29, 1.82) is 5.26 Å². The lowest BCUT2D eigenvalue weighted by atomic mass is 10.0. The zero-order valence-corrected chi connectivity index (χ0v) is 14.8. The summed E-state index contributed by atoms with van der Waals surface area (Å²) in [6.07, 6.45) is 1.57. The van der Waals surface area contributed by atoms with Gasteiger partial charge in [-0.15, -0.1) is 0 Å². The molecule has 3 aromatic rings. The largest absolute Gasteiger partial charge is 0.463 e. The van der Waals surface area contributed by atoms with Gasteiger partial charge < -0.3 is 14.8 Å². The first-order valence-corrected chi connectivity index (χ1v) is 8.15. The van der Waals surface area contributed by atoms with Crippen LogP contribution in [0.25, 0.3) is 10.9 Å². The fourth-order valence-electron chi connectivity index (χ4n) is 3.01. The van der Waals surface area contributed by atoms with Gasteiger partial charge in [0.05, 0.1) is 23.3 Å². The Morgan fingerprint density at radius 3 is 2.68 bits per heavy atom. The van der Waals surface area contributed by atoms with E-state index >= 15 is 0 Å². The molecule has 0 bridgehead atoms. The predicted molar refractivity (Wildman–Crippen MR) is 97.4 cm³/mol. The number of aliphatic hydroxyl groups is 1. The molecule has 0 saturated heterocycles. The number of nitriles is 1. The van der Waals surface area contributed by atoms with E-state index in [0.717, 1.165) is 27.8 Å². The van der Waals surface area contributed by atoms with E-state index in [9.17, 15) is 10.4 Å². The van der Waals surface area contributed by atoms with Crippen LogP contribution in [-0.4, -0.2) is 16.6 Å². The summed E-state index contributed by atoms with van der Waals surface area (Å²) in [6.45, 7) is 7.74. The Morgan fingerprint density at radius 1 is 1.28 bits per heavy atom. The zero-order valence-electron chi connectivity index (χ0n) is 14.8. The van der Waals surface area contributed by atoms with Crippen molar-refractivity contribution in [2.24, 2.45) is 0 Å². The number of pyridine rings is 1. The summed E-state index contributed by atoms with van der Waals surface area (Å²) >= 11 is 0. The minimum absolute atomic E-state index is 0.209. The first-order chi connectivity index (χ1) is 11.8. The summed E-state index contributed by atoms with van der Waals surface area (Å²) < 4.78 is 5.55. The number of hydrogen-bond acceptors (Lipinski definition) is 5. The van der Waals surface area contributed by atoms with Crippen LogP contribution in [0.5, 0.6) is 0 Å². The topological polar surface area (TPSA) is 82.1 Å². The summed E-state index contributed by atoms with van der Waals surface area (Å²) in [6, 6.07) is 9.83. The molecule has 0 aliphatic rings. The Hall–Kier alpha value is -2.84. The van der Waals surface area contributed by atoms with Crippen LogP contribution in [0.3, 0.4) is 0 Å². The van der Waals surface area contributed by atoms with E-state index in [-0.39, 0.29) is 6.54 Å². The number of aromatic nitrogens is 1. The van der Waals surface area contributed by atoms with Crippen molar-refractivity contribution in [2.45, 2.75) is 33.3 Å². The van der Waals surface area contributed by atoms with Gasteiger partial charge in [-0.1, -0.05) is 11.6 Å². The lowest BCUT2D eigenvalue weighted by Crippen LogP contribution is -2.30. The number of furan rings is 1. The molecular formula is C20H21N3O2. The number of aryl methyl sites for hydroxylation is 3. The molecule has 5 nitrogen and oxygen atoms in total. The van der Waals surface area contributed by atoms with Crippen molar-refractivity contribution in [3.63, 3.8) is 0 Å². The van der Waals surface area contributed by atoms with Crippen LogP contribution in [0.2, 0.25) is 0 Å². The average molecular weight is 335 g/mol. The summed E-state index contributed by atoms with van der Waals surface area (Å²) in [7, 11) is 0. The number of rotatable bonds is 4. The third kappa shape index (κ3) is 3.21. The molecule has 0 radical (unpaired) electrons. The Morgan fingerprint density at radius 2 is 2.04 bits per heavy atom. The van der Waals surface area contributed by atoms with Crippen LogP contribution in [0.1, 0.15) is 35.1 Å². The standard InChI is InChI=1S/C20H21N3O2/c1-12-7-13(2)18-16(8-12)19(15(9-21)10-22-18)23-11-20(4,24)17-6-5-14(3)25-17/h5-8,10,24H,11H2,1-4H3,(H,22,23). The normalized spacial score (nSPS) is 13.4. The number of benzene rings is 1. The van der Waals surface area contributed by atoms with E-state index in [4.69, 9.17) is 4.42 Å². The molecule has 0 aliphatic carbocycles. The molecule has 0 aliphatic heterocycles. The van der Waals surface area contributed by atoms with Crippen molar-refractivity contribution in [1.82, 2.24) is 4.98 Å². The van der Waals surface area contributed by atoms with Crippen molar-refractivity contribution < 1.29 is 9.52 Å². The highest BCUT2D eigenvalue weighted by Crippen LogP contribution is 2.30. The molecule has 0 amide bonds. The molecule has 2 N–H and O–H groups in total. The Balaban J connectivity index is 2.02. The lowest BCUT2D eigenvalue weighted by Gasteiger charge is -2.23. The molecule has 0 fully saturated rings. The van der Waals surface area contributed by atoms with Gasteiger partial charge in [0, 0.05) is 11.6 Å². The molecule has 3 rings (SSSR count). The molecule has 2 aromatic heterocycles. The van der Waals surface area contributed by atoms with E-state index in [1.807, 2.05) is 32.9 Å². The second-order valence-electron chi connectivity index (χ2n) is 6.67. The SMILES string of the molecule is Cc1cc(C)c2ncc(C#N)c(NCC(C)(O)c3ccc(C)o3)c2c1. The highest BCUT2D eigenvalue weighted by molar-refractivity contribution is 5.96. The molecule has 5 heteroatoms. The monoisotopic (exact) mass is 335 g/mol. The molecule has 128 valence electrons. The van der Waals surface area contributed by atoms with Crippen LogP contribution in [0.15, 0.2) is 34.9 Å². The minimum atomic E-state index is -1.20. The van der Waals surface area contributed by atoms with E-state index in [1.54, 1.807) is 19.2 Å². The van der Waals surface area contributed by atoms with Crippen LogP contribution in [-0.2, 0) is 5.60 Å². The van der Waals surface area contributed by atoms with Crippen molar-refractivity contribution >= 4 is 16.6 Å². The smallest absolute Gasteiger partial charge is 0.137 e. The van der Waals surface area contributed by atoms with Crippen LogP contribution < -0.4 is 5.32 Å². The Labute approximate surface area is 146 Å². The molecule has 2 heterocycles. The second-order valence-corrected chi connectivity index (χ2v) is 6.67. The van der Waals surface area contributed by atoms with Crippen molar-refractivity contribution in [3.05, 3.63) is 58.7 Å². The molecular weight excluding hydrogens is 314 g/mol. The fourth-order valence-corrected chi connectivity index (χ4v) is 3.01. The first-order valence-electron chi connectivity index (χ1n) is 8.15. The maximum atomic E-state index is 10.8. The van der Waals surface area contributed by atoms with E-state index < -0.39 is 5.60 Å². The maximum Gasteiger partial charge on any atom is 0.137 e. The highest BCUT2D eigenvalue weighted by atomic mass is 16.4. The predicted octanol–water partition coefficient (Wildman–Crippen LogP) is 3.94. The van der Waals surface area contributed by atoms with Crippen LogP contribution >= 0.6 is 0 Å². The Bertz CT molecular complexity index is 981. The average Bonchev–Trinajstić information content (AvgIpc) is 2.99. The summed E-state index contributed by atoms with van der Waals surface area (Å²) in [5, 5.41) is 24.3. The van der Waals surface area contributed by atoms with Crippen molar-refractivity contribution in [2.75, 3.05) is 11.9 Å².